The fourth-order valence-corrected chi connectivity index (χ4v) is 3.63. The summed E-state index contributed by atoms with van der Waals surface area (Å²) < 4.78 is 7.05. The van der Waals surface area contributed by atoms with Gasteiger partial charge >= 0.3 is 0 Å². The standard InChI is InChI=1S/C20H22N6O3.ClH/c1-13-15(11-22-26(13)18-7-8-19(27)24-23-18)20(28)25-10-9-21-12-16(25)14-5-3-4-6-17(14)29-2;/h3-8,11,16,21H,9-10,12H2,1-2H3,(H,24,27);1H. The molecule has 1 fully saturated rings. The smallest absolute Gasteiger partial charge is 0.264 e. The van der Waals surface area contributed by atoms with Crippen LogP contribution < -0.4 is 15.6 Å². The summed E-state index contributed by atoms with van der Waals surface area (Å²) in [7, 11) is 1.63. The highest BCUT2D eigenvalue weighted by molar-refractivity contribution is 5.95. The highest BCUT2D eigenvalue weighted by Crippen LogP contribution is 2.31. The number of halogens is 1. The molecule has 1 aliphatic heterocycles. The average Bonchev–Trinajstić information content (AvgIpc) is 3.15. The van der Waals surface area contributed by atoms with Gasteiger partial charge in [-0.1, -0.05) is 18.2 Å². The van der Waals surface area contributed by atoms with E-state index in [4.69, 9.17) is 4.74 Å². The van der Waals surface area contributed by atoms with Crippen LogP contribution in [0.2, 0.25) is 0 Å². The molecule has 2 aromatic heterocycles. The maximum atomic E-state index is 13.4. The second kappa shape index (κ2) is 9.10. The summed E-state index contributed by atoms with van der Waals surface area (Å²) in [6, 6.07) is 10.5. The maximum absolute atomic E-state index is 13.4. The lowest BCUT2D eigenvalue weighted by molar-refractivity contribution is 0.0631. The van der Waals surface area contributed by atoms with Crippen molar-refractivity contribution < 1.29 is 9.53 Å². The van der Waals surface area contributed by atoms with Gasteiger partial charge in [0.2, 0.25) is 0 Å². The van der Waals surface area contributed by atoms with Crippen LogP contribution in [0.3, 0.4) is 0 Å². The third-order valence-corrected chi connectivity index (χ3v) is 5.12. The molecule has 158 valence electrons. The van der Waals surface area contributed by atoms with E-state index in [-0.39, 0.29) is 29.9 Å². The Hall–Kier alpha value is -3.17. The summed E-state index contributed by atoms with van der Waals surface area (Å²) in [6.45, 7) is 3.74. The van der Waals surface area contributed by atoms with Gasteiger partial charge in [0.05, 0.1) is 30.6 Å². The monoisotopic (exact) mass is 430 g/mol. The van der Waals surface area contributed by atoms with Crippen molar-refractivity contribution in [2.24, 2.45) is 0 Å². The number of methoxy groups -OCH3 is 1. The van der Waals surface area contributed by atoms with Crippen LogP contribution >= 0.6 is 12.4 Å². The number of para-hydroxylation sites is 1. The number of benzene rings is 1. The van der Waals surface area contributed by atoms with Crippen LogP contribution in [-0.4, -0.2) is 57.5 Å². The number of ether oxygens (including phenoxy) is 1. The molecule has 2 N–H and O–H groups in total. The summed E-state index contributed by atoms with van der Waals surface area (Å²) in [5, 5.41) is 14.0. The van der Waals surface area contributed by atoms with E-state index >= 15 is 0 Å². The van der Waals surface area contributed by atoms with E-state index in [0.29, 0.717) is 36.7 Å². The van der Waals surface area contributed by atoms with Gasteiger partial charge in [-0.15, -0.1) is 12.4 Å². The van der Waals surface area contributed by atoms with E-state index in [9.17, 15) is 9.59 Å². The first-order chi connectivity index (χ1) is 14.1. The van der Waals surface area contributed by atoms with Gasteiger partial charge in [0.15, 0.2) is 5.82 Å². The molecular weight excluding hydrogens is 408 g/mol. The number of hydrogen-bond acceptors (Lipinski definition) is 6. The molecule has 1 aromatic carbocycles. The normalized spacial score (nSPS) is 16.1. The third kappa shape index (κ3) is 3.94. The first-order valence-corrected chi connectivity index (χ1v) is 9.35. The van der Waals surface area contributed by atoms with Crippen molar-refractivity contribution in [1.29, 1.82) is 0 Å². The highest BCUT2D eigenvalue weighted by atomic mass is 35.5. The van der Waals surface area contributed by atoms with E-state index < -0.39 is 0 Å². The molecule has 1 unspecified atom stereocenters. The number of rotatable bonds is 4. The second-order valence-electron chi connectivity index (χ2n) is 6.80. The topological polar surface area (TPSA) is 105 Å². The molecule has 1 amide bonds. The molecule has 4 rings (SSSR count). The number of carbonyl (C=O) groups is 1. The van der Waals surface area contributed by atoms with Gasteiger partial charge in [0.1, 0.15) is 5.75 Å². The number of nitrogens with zero attached hydrogens (tertiary/aromatic N) is 4. The highest BCUT2D eigenvalue weighted by Gasteiger charge is 2.32. The Morgan fingerprint density at radius 3 is 2.77 bits per heavy atom. The lowest BCUT2D eigenvalue weighted by Gasteiger charge is -2.37. The number of amides is 1. The Morgan fingerprint density at radius 1 is 1.23 bits per heavy atom. The first-order valence-electron chi connectivity index (χ1n) is 9.35. The lowest BCUT2D eigenvalue weighted by Crippen LogP contribution is -2.48. The maximum Gasteiger partial charge on any atom is 0.264 e. The number of nitrogens with one attached hydrogen (secondary N) is 2. The minimum Gasteiger partial charge on any atom is -0.496 e. The minimum absolute atomic E-state index is 0. The average molecular weight is 431 g/mol. The number of carbonyl (C=O) groups excluding carboxylic acids is 1. The Labute approximate surface area is 179 Å². The predicted octanol–water partition coefficient (Wildman–Crippen LogP) is 1.48. The molecule has 3 aromatic rings. The summed E-state index contributed by atoms with van der Waals surface area (Å²) >= 11 is 0. The Morgan fingerprint density at radius 2 is 2.03 bits per heavy atom. The van der Waals surface area contributed by atoms with E-state index in [2.05, 4.69) is 20.6 Å². The van der Waals surface area contributed by atoms with E-state index in [0.717, 1.165) is 11.3 Å². The molecule has 0 saturated carbocycles. The molecule has 0 spiro atoms. The van der Waals surface area contributed by atoms with Crippen LogP contribution in [0.15, 0.2) is 47.4 Å². The SMILES string of the molecule is COc1ccccc1C1CNCCN1C(=O)c1cnn(-c2ccc(=O)[nH]n2)c1C.Cl. The molecule has 10 heteroatoms. The van der Waals surface area contributed by atoms with Crippen LogP contribution in [0.5, 0.6) is 5.75 Å². The fraction of sp³-hybridized carbons (Fsp3) is 0.300. The van der Waals surface area contributed by atoms with Crippen molar-refractivity contribution in [3.8, 4) is 11.6 Å². The Bertz CT molecular complexity index is 1080. The predicted molar refractivity (Wildman–Crippen MR) is 114 cm³/mol. The van der Waals surface area contributed by atoms with Gasteiger partial charge in [-0.25, -0.2) is 9.78 Å². The van der Waals surface area contributed by atoms with Crippen molar-refractivity contribution in [1.82, 2.24) is 30.2 Å². The largest absolute Gasteiger partial charge is 0.496 e. The third-order valence-electron chi connectivity index (χ3n) is 5.12. The van der Waals surface area contributed by atoms with Crippen LogP contribution in [0.4, 0.5) is 0 Å². The van der Waals surface area contributed by atoms with E-state index in [1.54, 1.807) is 24.1 Å². The van der Waals surface area contributed by atoms with Gasteiger partial charge in [-0.3, -0.25) is 9.59 Å². The summed E-state index contributed by atoms with van der Waals surface area (Å²) in [4.78, 5) is 26.5. The molecule has 1 saturated heterocycles. The fourth-order valence-electron chi connectivity index (χ4n) is 3.63. The summed E-state index contributed by atoms with van der Waals surface area (Å²) in [6.07, 6.45) is 1.55. The van der Waals surface area contributed by atoms with Crippen LogP contribution in [-0.2, 0) is 0 Å². The van der Waals surface area contributed by atoms with Crippen molar-refractivity contribution in [3.05, 3.63) is 69.8 Å². The van der Waals surface area contributed by atoms with Gasteiger partial charge in [0, 0.05) is 31.3 Å². The number of aromatic amines is 1. The molecular formula is C20H23ClN6O3. The van der Waals surface area contributed by atoms with Gasteiger partial charge in [0.25, 0.3) is 11.5 Å². The molecule has 1 aliphatic rings. The molecule has 3 heterocycles. The van der Waals surface area contributed by atoms with E-state index in [1.807, 2.05) is 36.1 Å². The zero-order chi connectivity index (χ0) is 20.4. The molecule has 0 aliphatic carbocycles. The molecule has 0 radical (unpaired) electrons. The van der Waals surface area contributed by atoms with Gasteiger partial charge in [-0.05, 0) is 19.1 Å². The lowest BCUT2D eigenvalue weighted by atomic mass is 10.0. The second-order valence-corrected chi connectivity index (χ2v) is 6.80. The van der Waals surface area contributed by atoms with Crippen LogP contribution in [0, 0.1) is 6.92 Å². The van der Waals surface area contributed by atoms with Crippen molar-refractivity contribution >= 4 is 18.3 Å². The molecule has 9 nitrogen and oxygen atoms in total. The van der Waals surface area contributed by atoms with Gasteiger partial charge < -0.3 is 15.0 Å². The number of hydrogen-bond donors (Lipinski definition) is 2. The number of aromatic nitrogens is 4. The molecule has 1 atom stereocenters. The molecule has 0 bridgehead atoms. The van der Waals surface area contributed by atoms with Gasteiger partial charge in [-0.2, -0.15) is 10.2 Å². The molecule has 30 heavy (non-hydrogen) atoms. The van der Waals surface area contributed by atoms with Crippen molar-refractivity contribution in [2.45, 2.75) is 13.0 Å². The summed E-state index contributed by atoms with van der Waals surface area (Å²) in [5.41, 5.74) is 1.82. The number of piperazine rings is 1. The van der Waals surface area contributed by atoms with E-state index in [1.165, 1.54) is 6.07 Å². The quantitative estimate of drug-likeness (QED) is 0.649. The summed E-state index contributed by atoms with van der Waals surface area (Å²) in [5.74, 6) is 1.10. The van der Waals surface area contributed by atoms with Crippen LogP contribution in [0.1, 0.15) is 27.7 Å². The number of H-pyrrole nitrogens is 1. The first kappa shape index (κ1) is 21.5. The van der Waals surface area contributed by atoms with Crippen molar-refractivity contribution in [2.75, 3.05) is 26.7 Å². The Kier molecular flexibility index (Phi) is 6.53. The zero-order valence-electron chi connectivity index (χ0n) is 16.7. The minimum atomic E-state index is -0.296. The van der Waals surface area contributed by atoms with Crippen LogP contribution in [0.25, 0.3) is 5.82 Å². The zero-order valence-corrected chi connectivity index (χ0v) is 17.5. The Balaban J connectivity index is 0.00000256. The van der Waals surface area contributed by atoms with Crippen molar-refractivity contribution in [3.63, 3.8) is 0 Å².